The lowest BCUT2D eigenvalue weighted by atomic mass is 10.2. The minimum absolute atomic E-state index is 0.000108. The first-order chi connectivity index (χ1) is 14.5. The molecule has 3 aromatic carbocycles. The molecule has 0 saturated heterocycles. The lowest BCUT2D eigenvalue weighted by molar-refractivity contribution is -0.116. The molecule has 4 rings (SSSR count). The number of aryl methyl sites for hydroxylation is 1. The SMILES string of the molecule is Cc1cccc(-n2c(-c3ccccc3)nn(CC(=O)Nc3ccc(Cl)cc3)c2=S)c1. The number of hydrogen-bond acceptors (Lipinski definition) is 3. The first kappa shape index (κ1) is 20.1. The van der Waals surface area contributed by atoms with Crippen LogP contribution in [0.2, 0.25) is 5.02 Å². The molecule has 1 aromatic heterocycles. The standard InChI is InChI=1S/C23H19ClN4OS/c1-16-6-5-9-20(14-16)28-22(17-7-3-2-4-8-17)26-27(23(28)30)15-21(29)25-19-12-10-18(24)11-13-19/h2-14H,15H2,1H3,(H,25,29). The summed E-state index contributed by atoms with van der Waals surface area (Å²) in [5.41, 5.74) is 3.60. The van der Waals surface area contributed by atoms with E-state index in [1.54, 1.807) is 28.9 Å². The Hall–Kier alpha value is -3.22. The Kier molecular flexibility index (Phi) is 5.79. The Balaban J connectivity index is 1.71. The molecule has 30 heavy (non-hydrogen) atoms. The van der Waals surface area contributed by atoms with Gasteiger partial charge in [0.25, 0.3) is 0 Å². The topological polar surface area (TPSA) is 51.9 Å². The zero-order valence-electron chi connectivity index (χ0n) is 16.2. The third kappa shape index (κ3) is 4.35. The second kappa shape index (κ2) is 8.65. The van der Waals surface area contributed by atoms with Gasteiger partial charge in [0.15, 0.2) is 5.82 Å². The van der Waals surface area contributed by atoms with E-state index in [9.17, 15) is 4.79 Å². The van der Waals surface area contributed by atoms with E-state index in [4.69, 9.17) is 23.8 Å². The highest BCUT2D eigenvalue weighted by Crippen LogP contribution is 2.23. The van der Waals surface area contributed by atoms with Crippen LogP contribution in [0.3, 0.4) is 0 Å². The van der Waals surface area contributed by atoms with Crippen molar-refractivity contribution < 1.29 is 4.79 Å². The maximum Gasteiger partial charge on any atom is 0.246 e. The second-order valence-corrected chi connectivity index (χ2v) is 7.66. The van der Waals surface area contributed by atoms with Gasteiger partial charge in [0.05, 0.1) is 5.69 Å². The first-order valence-corrected chi connectivity index (χ1v) is 10.2. The average Bonchev–Trinajstić information content (AvgIpc) is 3.06. The van der Waals surface area contributed by atoms with Crippen LogP contribution < -0.4 is 5.32 Å². The number of carbonyl (C=O) groups excluding carboxylic acids is 1. The molecule has 0 spiro atoms. The molecular weight excluding hydrogens is 416 g/mol. The molecule has 0 radical (unpaired) electrons. The molecule has 1 amide bonds. The summed E-state index contributed by atoms with van der Waals surface area (Å²) in [7, 11) is 0. The Labute approximate surface area is 184 Å². The van der Waals surface area contributed by atoms with E-state index >= 15 is 0 Å². The molecule has 1 N–H and O–H groups in total. The van der Waals surface area contributed by atoms with E-state index in [0.717, 1.165) is 16.8 Å². The summed E-state index contributed by atoms with van der Waals surface area (Å²) in [6, 6.07) is 24.8. The summed E-state index contributed by atoms with van der Waals surface area (Å²) >= 11 is 11.6. The summed E-state index contributed by atoms with van der Waals surface area (Å²) in [4.78, 5) is 12.6. The van der Waals surface area contributed by atoms with Crippen LogP contribution in [0.1, 0.15) is 5.56 Å². The number of carbonyl (C=O) groups is 1. The first-order valence-electron chi connectivity index (χ1n) is 9.39. The zero-order valence-corrected chi connectivity index (χ0v) is 17.8. The Morgan fingerprint density at radius 2 is 1.77 bits per heavy atom. The molecule has 0 atom stereocenters. The minimum atomic E-state index is -0.220. The number of amides is 1. The predicted molar refractivity (Wildman–Crippen MR) is 123 cm³/mol. The maximum absolute atomic E-state index is 12.6. The van der Waals surface area contributed by atoms with Crippen LogP contribution in [-0.4, -0.2) is 20.3 Å². The van der Waals surface area contributed by atoms with Crippen molar-refractivity contribution in [3.8, 4) is 17.1 Å². The van der Waals surface area contributed by atoms with E-state index in [0.29, 0.717) is 21.3 Å². The number of halogens is 1. The van der Waals surface area contributed by atoms with E-state index in [2.05, 4.69) is 10.4 Å². The molecule has 0 aliphatic heterocycles. The van der Waals surface area contributed by atoms with Crippen LogP contribution in [0.5, 0.6) is 0 Å². The van der Waals surface area contributed by atoms with E-state index in [1.807, 2.05) is 66.1 Å². The molecule has 4 aromatic rings. The number of nitrogens with zero attached hydrogens (tertiary/aromatic N) is 3. The van der Waals surface area contributed by atoms with Gasteiger partial charge in [0.2, 0.25) is 10.7 Å². The summed E-state index contributed by atoms with van der Waals surface area (Å²) in [6.07, 6.45) is 0. The van der Waals surface area contributed by atoms with Gasteiger partial charge in [-0.3, -0.25) is 9.36 Å². The number of anilines is 1. The van der Waals surface area contributed by atoms with Gasteiger partial charge in [0.1, 0.15) is 6.54 Å². The number of rotatable bonds is 5. The third-order valence-corrected chi connectivity index (χ3v) is 5.20. The third-order valence-electron chi connectivity index (χ3n) is 4.55. The normalized spacial score (nSPS) is 10.7. The fourth-order valence-electron chi connectivity index (χ4n) is 3.15. The molecule has 1 heterocycles. The van der Waals surface area contributed by atoms with Crippen molar-refractivity contribution in [2.24, 2.45) is 0 Å². The number of benzene rings is 3. The molecule has 0 aliphatic carbocycles. The van der Waals surface area contributed by atoms with Gasteiger partial charge in [-0.2, -0.15) is 5.10 Å². The van der Waals surface area contributed by atoms with Gasteiger partial charge in [-0.05, 0) is 61.1 Å². The van der Waals surface area contributed by atoms with Gasteiger partial charge < -0.3 is 5.32 Å². The molecule has 0 saturated carbocycles. The van der Waals surface area contributed by atoms with Crippen LogP contribution in [0.25, 0.3) is 17.1 Å². The Bertz CT molecular complexity index is 1250. The van der Waals surface area contributed by atoms with Gasteiger partial charge in [-0.25, -0.2) is 4.68 Å². The molecule has 0 bridgehead atoms. The average molecular weight is 435 g/mol. The highest BCUT2D eigenvalue weighted by Gasteiger charge is 2.16. The van der Waals surface area contributed by atoms with Crippen LogP contribution in [0.15, 0.2) is 78.9 Å². The Morgan fingerprint density at radius 3 is 2.47 bits per heavy atom. The number of aromatic nitrogens is 3. The van der Waals surface area contributed by atoms with Crippen molar-refractivity contribution in [1.29, 1.82) is 0 Å². The summed E-state index contributed by atoms with van der Waals surface area (Å²) < 4.78 is 3.89. The summed E-state index contributed by atoms with van der Waals surface area (Å²) in [5, 5.41) is 8.13. The molecule has 5 nitrogen and oxygen atoms in total. The van der Waals surface area contributed by atoms with Crippen molar-refractivity contribution in [2.45, 2.75) is 13.5 Å². The number of nitrogens with one attached hydrogen (secondary N) is 1. The highest BCUT2D eigenvalue weighted by atomic mass is 35.5. The van der Waals surface area contributed by atoms with Crippen LogP contribution in [0, 0.1) is 11.7 Å². The summed E-state index contributed by atoms with van der Waals surface area (Å²) in [5.74, 6) is 0.465. The Morgan fingerprint density at radius 1 is 1.03 bits per heavy atom. The highest BCUT2D eigenvalue weighted by molar-refractivity contribution is 7.71. The van der Waals surface area contributed by atoms with Gasteiger partial charge in [-0.15, -0.1) is 0 Å². The van der Waals surface area contributed by atoms with Crippen LogP contribution in [0.4, 0.5) is 5.69 Å². The minimum Gasteiger partial charge on any atom is -0.324 e. The smallest absolute Gasteiger partial charge is 0.246 e. The molecule has 0 aliphatic rings. The fraction of sp³-hybridized carbons (Fsp3) is 0.0870. The van der Waals surface area contributed by atoms with Crippen molar-refractivity contribution >= 4 is 35.4 Å². The summed E-state index contributed by atoms with van der Waals surface area (Å²) in [6.45, 7) is 2.03. The molecule has 150 valence electrons. The van der Waals surface area contributed by atoms with Crippen molar-refractivity contribution in [3.05, 3.63) is 94.2 Å². The fourth-order valence-corrected chi connectivity index (χ4v) is 3.58. The van der Waals surface area contributed by atoms with Crippen LogP contribution in [-0.2, 0) is 11.3 Å². The zero-order chi connectivity index (χ0) is 21.1. The monoisotopic (exact) mass is 434 g/mol. The van der Waals surface area contributed by atoms with Gasteiger partial charge in [-0.1, -0.05) is 54.1 Å². The molecule has 0 fully saturated rings. The van der Waals surface area contributed by atoms with E-state index in [1.165, 1.54) is 0 Å². The molecular formula is C23H19ClN4OS. The lowest BCUT2D eigenvalue weighted by Gasteiger charge is -2.07. The van der Waals surface area contributed by atoms with Crippen molar-refractivity contribution in [1.82, 2.24) is 14.3 Å². The lowest BCUT2D eigenvalue weighted by Crippen LogP contribution is -2.19. The molecule has 7 heteroatoms. The van der Waals surface area contributed by atoms with E-state index < -0.39 is 0 Å². The predicted octanol–water partition coefficient (Wildman–Crippen LogP) is 5.67. The van der Waals surface area contributed by atoms with Gasteiger partial charge >= 0.3 is 0 Å². The second-order valence-electron chi connectivity index (χ2n) is 6.86. The van der Waals surface area contributed by atoms with Crippen molar-refractivity contribution in [3.63, 3.8) is 0 Å². The van der Waals surface area contributed by atoms with Gasteiger partial charge in [0, 0.05) is 16.3 Å². The maximum atomic E-state index is 12.6. The van der Waals surface area contributed by atoms with Crippen LogP contribution >= 0.6 is 23.8 Å². The van der Waals surface area contributed by atoms with E-state index in [-0.39, 0.29) is 12.5 Å². The number of hydrogen-bond donors (Lipinski definition) is 1. The van der Waals surface area contributed by atoms with Crippen molar-refractivity contribution in [2.75, 3.05) is 5.32 Å². The quantitative estimate of drug-likeness (QED) is 0.411. The largest absolute Gasteiger partial charge is 0.324 e. The molecule has 0 unspecified atom stereocenters.